The van der Waals surface area contributed by atoms with Gasteiger partial charge in [-0.1, -0.05) is 30.7 Å². The second kappa shape index (κ2) is 8.77. The maximum Gasteiger partial charge on any atom is 0.261 e. The highest BCUT2D eigenvalue weighted by molar-refractivity contribution is 6.31. The number of hydrogen-bond acceptors (Lipinski definition) is 3. The van der Waals surface area contributed by atoms with Crippen LogP contribution >= 0.6 is 11.6 Å². The van der Waals surface area contributed by atoms with E-state index in [1.54, 1.807) is 12.1 Å². The molecule has 0 aliphatic rings. The van der Waals surface area contributed by atoms with Crippen molar-refractivity contribution in [2.45, 2.75) is 32.9 Å². The Bertz CT molecular complexity index is 714. The molecule has 0 fully saturated rings. The van der Waals surface area contributed by atoms with Crippen molar-refractivity contribution in [3.63, 3.8) is 0 Å². The molecule has 1 N–H and O–H groups in total. The van der Waals surface area contributed by atoms with Crippen LogP contribution in [-0.2, 0) is 11.3 Å². The number of amides is 1. The first-order chi connectivity index (χ1) is 11.9. The van der Waals surface area contributed by atoms with Crippen molar-refractivity contribution in [2.75, 3.05) is 19.0 Å². The van der Waals surface area contributed by atoms with E-state index in [4.69, 9.17) is 16.3 Å². The van der Waals surface area contributed by atoms with Crippen LogP contribution < -0.4 is 15.0 Å². The second-order valence-corrected chi connectivity index (χ2v) is 6.61. The summed E-state index contributed by atoms with van der Waals surface area (Å²) in [6, 6.07) is 13.5. The lowest BCUT2D eigenvalue weighted by Crippen LogP contribution is -2.37. The minimum atomic E-state index is -0.526. The molecule has 1 unspecified atom stereocenters. The molecule has 0 bridgehead atoms. The summed E-state index contributed by atoms with van der Waals surface area (Å²) in [6.45, 7) is 4.32. The number of carbonyl (C=O) groups is 1. The van der Waals surface area contributed by atoms with Gasteiger partial charge in [0.15, 0.2) is 6.10 Å². The first-order valence-electron chi connectivity index (χ1n) is 8.37. The lowest BCUT2D eigenvalue weighted by Gasteiger charge is -2.18. The Hall–Kier alpha value is -2.20. The summed E-state index contributed by atoms with van der Waals surface area (Å²) in [4.78, 5) is 14.4. The van der Waals surface area contributed by atoms with Crippen LogP contribution in [0.15, 0.2) is 42.5 Å². The fourth-order valence-corrected chi connectivity index (χ4v) is 2.51. The molecule has 2 rings (SSSR count). The summed E-state index contributed by atoms with van der Waals surface area (Å²) < 4.78 is 5.82. The number of nitrogens with one attached hydrogen (secondary N) is 1. The highest BCUT2D eigenvalue weighted by atomic mass is 35.5. The average molecular weight is 361 g/mol. The Kier molecular flexibility index (Phi) is 6.71. The van der Waals surface area contributed by atoms with E-state index >= 15 is 0 Å². The van der Waals surface area contributed by atoms with Gasteiger partial charge in [0.05, 0.1) is 0 Å². The van der Waals surface area contributed by atoms with Crippen molar-refractivity contribution in [1.82, 2.24) is 5.32 Å². The predicted molar refractivity (Wildman–Crippen MR) is 104 cm³/mol. The molecule has 2 aromatic carbocycles. The number of halogens is 1. The molecule has 2 aromatic rings. The number of aryl methyl sites for hydroxylation is 1. The van der Waals surface area contributed by atoms with Crippen LogP contribution in [0.25, 0.3) is 0 Å². The molecule has 25 heavy (non-hydrogen) atoms. The summed E-state index contributed by atoms with van der Waals surface area (Å²) in [5.41, 5.74) is 3.11. The van der Waals surface area contributed by atoms with Crippen LogP contribution in [0.4, 0.5) is 5.69 Å². The minimum absolute atomic E-state index is 0.119. The largest absolute Gasteiger partial charge is 0.481 e. The third-order valence-electron chi connectivity index (χ3n) is 3.99. The van der Waals surface area contributed by atoms with Crippen molar-refractivity contribution in [1.29, 1.82) is 0 Å². The van der Waals surface area contributed by atoms with Gasteiger partial charge < -0.3 is 15.0 Å². The molecule has 134 valence electrons. The Morgan fingerprint density at radius 1 is 1.20 bits per heavy atom. The van der Waals surface area contributed by atoms with Crippen LogP contribution in [0.5, 0.6) is 5.75 Å². The average Bonchev–Trinajstić information content (AvgIpc) is 2.60. The van der Waals surface area contributed by atoms with Crippen molar-refractivity contribution >= 4 is 23.2 Å². The monoisotopic (exact) mass is 360 g/mol. The van der Waals surface area contributed by atoms with Gasteiger partial charge in [-0.15, -0.1) is 0 Å². The van der Waals surface area contributed by atoms with Gasteiger partial charge in [-0.2, -0.15) is 0 Å². The first kappa shape index (κ1) is 19.1. The SMILES string of the molecule is CCC(Oc1ccc(Cl)c(C)c1)C(=O)NCc1ccc(N(C)C)cc1. The number of ether oxygens (including phenoxy) is 1. The maximum atomic E-state index is 12.4. The molecule has 0 saturated carbocycles. The van der Waals surface area contributed by atoms with E-state index in [1.165, 1.54) is 0 Å². The number of hydrogen-bond donors (Lipinski definition) is 1. The van der Waals surface area contributed by atoms with E-state index in [1.807, 2.05) is 63.2 Å². The molecule has 0 aliphatic carbocycles. The normalized spacial score (nSPS) is 11.7. The van der Waals surface area contributed by atoms with Crippen molar-refractivity contribution in [2.24, 2.45) is 0 Å². The second-order valence-electron chi connectivity index (χ2n) is 6.20. The van der Waals surface area contributed by atoms with Gasteiger partial charge in [0.25, 0.3) is 5.91 Å². The van der Waals surface area contributed by atoms with E-state index < -0.39 is 6.10 Å². The van der Waals surface area contributed by atoms with E-state index in [0.29, 0.717) is 23.7 Å². The van der Waals surface area contributed by atoms with Crippen LogP contribution in [0, 0.1) is 6.92 Å². The zero-order chi connectivity index (χ0) is 18.4. The summed E-state index contributed by atoms with van der Waals surface area (Å²) in [5.74, 6) is 0.533. The fraction of sp³-hybridized carbons (Fsp3) is 0.350. The number of benzene rings is 2. The maximum absolute atomic E-state index is 12.4. The summed E-state index contributed by atoms with van der Waals surface area (Å²) in [5, 5.41) is 3.63. The van der Waals surface area contributed by atoms with E-state index in [-0.39, 0.29) is 5.91 Å². The van der Waals surface area contributed by atoms with Gasteiger partial charge >= 0.3 is 0 Å². The van der Waals surface area contributed by atoms with E-state index in [0.717, 1.165) is 16.8 Å². The molecule has 0 spiro atoms. The Labute approximate surface area is 154 Å². The predicted octanol–water partition coefficient (Wildman–Crippen LogP) is 4.19. The molecule has 0 heterocycles. The number of carbonyl (C=O) groups excluding carboxylic acids is 1. The van der Waals surface area contributed by atoms with Crippen molar-refractivity contribution in [3.8, 4) is 5.75 Å². The zero-order valence-electron chi connectivity index (χ0n) is 15.2. The molecule has 1 amide bonds. The summed E-state index contributed by atoms with van der Waals surface area (Å²) in [6.07, 6.45) is 0.0641. The zero-order valence-corrected chi connectivity index (χ0v) is 15.9. The lowest BCUT2D eigenvalue weighted by molar-refractivity contribution is -0.128. The lowest BCUT2D eigenvalue weighted by atomic mass is 10.2. The van der Waals surface area contributed by atoms with Crippen LogP contribution in [0.1, 0.15) is 24.5 Å². The molecule has 4 nitrogen and oxygen atoms in total. The summed E-state index contributed by atoms with van der Waals surface area (Å²) >= 11 is 6.02. The van der Waals surface area contributed by atoms with Crippen LogP contribution in [0.2, 0.25) is 5.02 Å². The molecule has 0 aromatic heterocycles. The standard InChI is InChI=1S/C20H25ClN2O2/c1-5-19(25-17-10-11-18(21)14(2)12-17)20(24)22-13-15-6-8-16(9-7-15)23(3)4/h6-12,19H,5,13H2,1-4H3,(H,22,24). The van der Waals surface area contributed by atoms with Gasteiger partial charge in [0, 0.05) is 31.4 Å². The highest BCUT2D eigenvalue weighted by Gasteiger charge is 2.18. The Morgan fingerprint density at radius 3 is 2.44 bits per heavy atom. The minimum Gasteiger partial charge on any atom is -0.481 e. The quantitative estimate of drug-likeness (QED) is 0.805. The van der Waals surface area contributed by atoms with Crippen molar-refractivity contribution < 1.29 is 9.53 Å². The van der Waals surface area contributed by atoms with E-state index in [9.17, 15) is 4.79 Å². The third kappa shape index (κ3) is 5.40. The number of rotatable bonds is 7. The molecular formula is C20H25ClN2O2. The molecule has 5 heteroatoms. The molecule has 0 aliphatic heterocycles. The van der Waals surface area contributed by atoms with E-state index in [2.05, 4.69) is 5.32 Å². The molecule has 1 atom stereocenters. The van der Waals surface area contributed by atoms with Crippen LogP contribution in [-0.4, -0.2) is 26.1 Å². The Balaban J connectivity index is 1.93. The Morgan fingerprint density at radius 2 is 1.88 bits per heavy atom. The van der Waals surface area contributed by atoms with Gasteiger partial charge in [-0.25, -0.2) is 0 Å². The topological polar surface area (TPSA) is 41.6 Å². The third-order valence-corrected chi connectivity index (χ3v) is 4.41. The molecular weight excluding hydrogens is 336 g/mol. The number of nitrogens with zero attached hydrogens (tertiary/aromatic N) is 1. The smallest absolute Gasteiger partial charge is 0.261 e. The fourth-order valence-electron chi connectivity index (χ4n) is 2.39. The molecule has 0 saturated heterocycles. The first-order valence-corrected chi connectivity index (χ1v) is 8.75. The van der Waals surface area contributed by atoms with Crippen molar-refractivity contribution in [3.05, 3.63) is 58.6 Å². The summed E-state index contributed by atoms with van der Waals surface area (Å²) in [7, 11) is 4.00. The van der Waals surface area contributed by atoms with Gasteiger partial charge in [0.1, 0.15) is 5.75 Å². The van der Waals surface area contributed by atoms with Gasteiger partial charge in [0.2, 0.25) is 0 Å². The van der Waals surface area contributed by atoms with Gasteiger partial charge in [-0.05, 0) is 54.8 Å². The molecule has 0 radical (unpaired) electrons. The highest BCUT2D eigenvalue weighted by Crippen LogP contribution is 2.22. The number of anilines is 1. The van der Waals surface area contributed by atoms with Gasteiger partial charge in [-0.3, -0.25) is 4.79 Å². The van der Waals surface area contributed by atoms with Crippen LogP contribution in [0.3, 0.4) is 0 Å².